The lowest BCUT2D eigenvalue weighted by Crippen LogP contribution is -2.13. The monoisotopic (exact) mass is 454 g/mol. The van der Waals surface area contributed by atoms with Gasteiger partial charge in [0.25, 0.3) is 0 Å². The van der Waals surface area contributed by atoms with Gasteiger partial charge in [-0.1, -0.05) is 35.9 Å². The summed E-state index contributed by atoms with van der Waals surface area (Å²) >= 11 is 7.82. The summed E-state index contributed by atoms with van der Waals surface area (Å²) < 4.78 is 8.29. The van der Waals surface area contributed by atoms with E-state index in [1.54, 1.807) is 0 Å². The number of thiophene rings is 1. The van der Waals surface area contributed by atoms with Gasteiger partial charge in [-0.15, -0.1) is 11.3 Å². The minimum absolute atomic E-state index is 0.108. The van der Waals surface area contributed by atoms with E-state index in [0.717, 1.165) is 38.8 Å². The van der Waals surface area contributed by atoms with Gasteiger partial charge < -0.3 is 15.8 Å². The number of fused-ring (bicyclic) bond motifs is 1. The lowest BCUT2D eigenvalue weighted by Gasteiger charge is -2.16. The fourth-order valence-corrected chi connectivity index (χ4v) is 4.89. The Morgan fingerprint density at radius 3 is 2.87 bits per heavy atom. The zero-order chi connectivity index (χ0) is 22.0. The third-order valence-corrected chi connectivity index (χ3v) is 6.44. The Balaban J connectivity index is 1.72. The van der Waals surface area contributed by atoms with Crippen molar-refractivity contribution in [2.45, 2.75) is 26.0 Å². The van der Waals surface area contributed by atoms with Crippen molar-refractivity contribution in [3.63, 3.8) is 0 Å². The van der Waals surface area contributed by atoms with Crippen molar-refractivity contribution in [3.05, 3.63) is 75.9 Å². The Morgan fingerprint density at radius 1 is 1.32 bits per heavy atom. The van der Waals surface area contributed by atoms with Gasteiger partial charge in [-0.2, -0.15) is 0 Å². The van der Waals surface area contributed by atoms with E-state index >= 15 is 0 Å². The van der Waals surface area contributed by atoms with E-state index in [1.807, 2.05) is 61.0 Å². The zero-order valence-corrected chi connectivity index (χ0v) is 18.8. The van der Waals surface area contributed by atoms with E-state index in [-0.39, 0.29) is 12.5 Å². The molecule has 0 saturated carbocycles. The SMILES string of the molecule is CNCc1ccc2ncc(-c3cc(OC(C)c4ccccc4Cl)c(CC(N)=O)s3)n2c1. The van der Waals surface area contributed by atoms with Crippen LogP contribution in [0.25, 0.3) is 16.2 Å². The van der Waals surface area contributed by atoms with Crippen LogP contribution in [0.1, 0.15) is 29.0 Å². The number of carbonyl (C=O) groups excluding carboxylic acids is 1. The number of nitrogens with two attached hydrogens (primary N) is 1. The molecule has 3 aromatic heterocycles. The molecule has 0 bridgehead atoms. The number of nitrogens with one attached hydrogen (secondary N) is 1. The molecule has 3 N–H and O–H groups in total. The minimum Gasteiger partial charge on any atom is -0.485 e. The summed E-state index contributed by atoms with van der Waals surface area (Å²) in [4.78, 5) is 17.9. The highest BCUT2D eigenvalue weighted by atomic mass is 35.5. The molecule has 1 atom stereocenters. The largest absolute Gasteiger partial charge is 0.485 e. The molecule has 1 aromatic carbocycles. The second-order valence-corrected chi connectivity index (χ2v) is 8.81. The molecule has 4 aromatic rings. The maximum Gasteiger partial charge on any atom is 0.222 e. The predicted molar refractivity (Wildman–Crippen MR) is 125 cm³/mol. The average Bonchev–Trinajstić information content (AvgIpc) is 3.31. The van der Waals surface area contributed by atoms with Crippen molar-refractivity contribution in [1.29, 1.82) is 0 Å². The number of imidazole rings is 1. The first-order valence-electron chi connectivity index (χ1n) is 9.89. The molecule has 1 amide bonds. The molecular weight excluding hydrogens is 432 g/mol. The average molecular weight is 455 g/mol. The number of nitrogens with zero attached hydrogens (tertiary/aromatic N) is 2. The second-order valence-electron chi connectivity index (χ2n) is 7.26. The number of carbonyl (C=O) groups is 1. The smallest absolute Gasteiger partial charge is 0.222 e. The molecule has 0 aliphatic carbocycles. The van der Waals surface area contributed by atoms with E-state index in [0.29, 0.717) is 10.8 Å². The molecule has 0 aliphatic rings. The van der Waals surface area contributed by atoms with Gasteiger partial charge in [-0.3, -0.25) is 9.20 Å². The van der Waals surface area contributed by atoms with Gasteiger partial charge in [0.05, 0.1) is 28.1 Å². The van der Waals surface area contributed by atoms with Gasteiger partial charge in [0.2, 0.25) is 5.91 Å². The molecule has 8 heteroatoms. The van der Waals surface area contributed by atoms with Crippen molar-refractivity contribution in [1.82, 2.24) is 14.7 Å². The maximum atomic E-state index is 11.7. The summed E-state index contributed by atoms with van der Waals surface area (Å²) in [5, 5.41) is 3.80. The molecule has 160 valence electrons. The van der Waals surface area contributed by atoms with Crippen molar-refractivity contribution >= 4 is 34.5 Å². The fourth-order valence-electron chi connectivity index (χ4n) is 3.49. The Bertz CT molecular complexity index is 1230. The summed E-state index contributed by atoms with van der Waals surface area (Å²) in [5.74, 6) is 0.227. The topological polar surface area (TPSA) is 81.7 Å². The van der Waals surface area contributed by atoms with Crippen molar-refractivity contribution < 1.29 is 9.53 Å². The summed E-state index contributed by atoms with van der Waals surface area (Å²) in [6, 6.07) is 13.6. The summed E-state index contributed by atoms with van der Waals surface area (Å²) in [6.45, 7) is 2.69. The Kier molecular flexibility index (Phi) is 6.27. The van der Waals surface area contributed by atoms with Gasteiger partial charge >= 0.3 is 0 Å². The standard InChI is InChI=1S/C23H23ClN4O2S/c1-14(16-5-3-4-6-17(16)24)30-19-9-20(31-21(19)10-22(25)29)18-12-27-23-8-7-15(11-26-2)13-28(18)23/h3-9,12-14,26H,10-11H2,1-2H3,(H2,25,29). The molecule has 6 nitrogen and oxygen atoms in total. The van der Waals surface area contributed by atoms with E-state index in [2.05, 4.69) is 22.6 Å². The lowest BCUT2D eigenvalue weighted by atomic mass is 10.1. The number of hydrogen-bond donors (Lipinski definition) is 2. The fraction of sp³-hybridized carbons (Fsp3) is 0.217. The zero-order valence-electron chi connectivity index (χ0n) is 17.3. The predicted octanol–water partition coefficient (Wildman–Crippen LogP) is 4.60. The third kappa shape index (κ3) is 4.58. The quantitative estimate of drug-likeness (QED) is 0.407. The number of halogens is 1. The summed E-state index contributed by atoms with van der Waals surface area (Å²) in [5.41, 5.74) is 9.31. The van der Waals surface area contributed by atoms with E-state index in [4.69, 9.17) is 22.1 Å². The number of amides is 1. The molecule has 0 fully saturated rings. The summed E-state index contributed by atoms with van der Waals surface area (Å²) in [7, 11) is 1.91. The van der Waals surface area contributed by atoms with E-state index in [1.165, 1.54) is 11.3 Å². The van der Waals surface area contributed by atoms with Crippen LogP contribution in [0, 0.1) is 0 Å². The van der Waals surface area contributed by atoms with Crippen LogP contribution < -0.4 is 15.8 Å². The number of aromatic nitrogens is 2. The van der Waals surface area contributed by atoms with Crippen LogP contribution in [0.3, 0.4) is 0 Å². The number of primary amides is 1. The highest BCUT2D eigenvalue weighted by molar-refractivity contribution is 7.15. The van der Waals surface area contributed by atoms with Crippen LogP contribution in [-0.2, 0) is 17.8 Å². The number of ether oxygens (including phenoxy) is 1. The van der Waals surface area contributed by atoms with Crippen LogP contribution in [0.5, 0.6) is 5.75 Å². The van der Waals surface area contributed by atoms with Crippen LogP contribution >= 0.6 is 22.9 Å². The number of pyridine rings is 1. The van der Waals surface area contributed by atoms with Gasteiger partial charge in [-0.25, -0.2) is 4.98 Å². The molecule has 0 saturated heterocycles. The first-order valence-corrected chi connectivity index (χ1v) is 11.1. The number of benzene rings is 1. The summed E-state index contributed by atoms with van der Waals surface area (Å²) in [6.07, 6.45) is 3.72. The normalized spacial score (nSPS) is 12.2. The van der Waals surface area contributed by atoms with Crippen LogP contribution in [0.2, 0.25) is 5.02 Å². The molecule has 0 spiro atoms. The molecule has 3 heterocycles. The highest BCUT2D eigenvalue weighted by Crippen LogP contribution is 2.39. The molecule has 4 rings (SSSR count). The molecule has 1 unspecified atom stereocenters. The molecular formula is C23H23ClN4O2S. The number of hydrogen-bond acceptors (Lipinski definition) is 5. The van der Waals surface area contributed by atoms with Gasteiger partial charge in [0, 0.05) is 29.4 Å². The van der Waals surface area contributed by atoms with Crippen LogP contribution in [-0.4, -0.2) is 22.3 Å². The van der Waals surface area contributed by atoms with Crippen molar-refractivity contribution in [3.8, 4) is 16.3 Å². The number of rotatable bonds is 8. The van der Waals surface area contributed by atoms with Crippen LogP contribution in [0.4, 0.5) is 0 Å². The Labute approximate surface area is 189 Å². The molecule has 31 heavy (non-hydrogen) atoms. The Morgan fingerprint density at radius 2 is 2.13 bits per heavy atom. The maximum absolute atomic E-state index is 11.7. The van der Waals surface area contributed by atoms with E-state index < -0.39 is 5.91 Å². The van der Waals surface area contributed by atoms with Gasteiger partial charge in [0.15, 0.2) is 0 Å². The Hall–Kier alpha value is -2.87. The lowest BCUT2D eigenvalue weighted by molar-refractivity contribution is -0.117. The van der Waals surface area contributed by atoms with Crippen LogP contribution in [0.15, 0.2) is 54.9 Å². The first kappa shape index (κ1) is 21.4. The van der Waals surface area contributed by atoms with Crippen molar-refractivity contribution in [2.24, 2.45) is 5.73 Å². The van der Waals surface area contributed by atoms with Gasteiger partial charge in [-0.05, 0) is 31.7 Å². The first-order chi connectivity index (χ1) is 15.0. The highest BCUT2D eigenvalue weighted by Gasteiger charge is 2.19. The van der Waals surface area contributed by atoms with Gasteiger partial charge in [0.1, 0.15) is 17.5 Å². The third-order valence-electron chi connectivity index (χ3n) is 4.95. The second kappa shape index (κ2) is 9.09. The molecule has 0 aliphatic heterocycles. The minimum atomic E-state index is -0.405. The van der Waals surface area contributed by atoms with Crippen molar-refractivity contribution in [2.75, 3.05) is 7.05 Å². The molecule has 0 radical (unpaired) electrons. The van der Waals surface area contributed by atoms with E-state index in [9.17, 15) is 4.79 Å².